The average molecular weight is 260 g/mol. The maximum absolute atomic E-state index is 12.4. The van der Waals surface area contributed by atoms with Gasteiger partial charge in [-0.1, -0.05) is 0 Å². The largest absolute Gasteiger partial charge is 0.443 e. The lowest BCUT2D eigenvalue weighted by atomic mass is 10.4. The normalized spacial score (nSPS) is 11.5. The molecule has 8 heteroatoms. The molecule has 4 nitrogen and oxygen atoms in total. The average Bonchev–Trinajstić information content (AvgIpc) is 2.78. The molecule has 2 aromatic heterocycles. The van der Waals surface area contributed by atoms with E-state index in [2.05, 4.69) is 20.3 Å². The highest BCUT2D eigenvalue weighted by atomic mass is 32.1. The number of aromatic nitrogens is 3. The number of hydrogen-bond acceptors (Lipinski definition) is 5. The second-order valence-corrected chi connectivity index (χ2v) is 4.07. The molecule has 0 saturated heterocycles. The number of anilines is 1. The first-order chi connectivity index (χ1) is 8.00. The molecule has 2 aromatic rings. The number of hydrogen-bond donors (Lipinski definition) is 1. The molecule has 0 bridgehead atoms. The van der Waals surface area contributed by atoms with Crippen LogP contribution in [-0.2, 0) is 6.18 Å². The number of nitrogens with zero attached hydrogens (tertiary/aromatic N) is 3. The van der Waals surface area contributed by atoms with Crippen molar-refractivity contribution >= 4 is 17.3 Å². The lowest BCUT2D eigenvalue weighted by Gasteiger charge is -2.00. The first kappa shape index (κ1) is 11.8. The van der Waals surface area contributed by atoms with E-state index in [-0.39, 0.29) is 0 Å². The molecular formula is C9H7F3N4S. The molecule has 0 radical (unpaired) electrons. The highest BCUT2D eigenvalue weighted by molar-refractivity contribution is 7.15. The van der Waals surface area contributed by atoms with Crippen LogP contribution in [0.1, 0.15) is 5.01 Å². The third-order valence-electron chi connectivity index (χ3n) is 1.88. The molecule has 2 heterocycles. The Morgan fingerprint density at radius 2 is 2.06 bits per heavy atom. The fourth-order valence-corrected chi connectivity index (χ4v) is 1.89. The zero-order chi connectivity index (χ0) is 12.5. The Bertz CT molecular complexity index is 523. The predicted octanol–water partition coefficient (Wildman–Crippen LogP) is 2.66. The summed E-state index contributed by atoms with van der Waals surface area (Å²) in [7, 11) is 1.63. The molecule has 0 aromatic carbocycles. The van der Waals surface area contributed by atoms with Gasteiger partial charge in [-0.15, -0.1) is 11.3 Å². The molecule has 0 aliphatic heterocycles. The number of halogens is 3. The van der Waals surface area contributed by atoms with Crippen molar-refractivity contribution in [1.82, 2.24) is 15.0 Å². The summed E-state index contributed by atoms with van der Waals surface area (Å²) in [5, 5.41) is 1.84. The standard InChI is InChI=1S/C9H7F3N4S/c1-13-8-14-3-2-5(16-8)6-4-15-7(17-6)9(10,11)12/h2-4H,1H3,(H,13,14,16). The van der Waals surface area contributed by atoms with Crippen molar-refractivity contribution in [3.8, 4) is 10.6 Å². The summed E-state index contributed by atoms with van der Waals surface area (Å²) in [4.78, 5) is 11.6. The molecule has 2 rings (SSSR count). The molecule has 0 unspecified atom stereocenters. The zero-order valence-corrected chi connectivity index (χ0v) is 9.43. The summed E-state index contributed by atoms with van der Waals surface area (Å²) in [5.41, 5.74) is 0.414. The van der Waals surface area contributed by atoms with E-state index in [4.69, 9.17) is 0 Å². The summed E-state index contributed by atoms with van der Waals surface area (Å²) in [5.74, 6) is 0.351. The van der Waals surface area contributed by atoms with E-state index in [1.54, 1.807) is 7.05 Å². The van der Waals surface area contributed by atoms with Crippen LogP contribution in [0.3, 0.4) is 0 Å². The van der Waals surface area contributed by atoms with Crippen molar-refractivity contribution in [3.63, 3.8) is 0 Å². The van der Waals surface area contributed by atoms with Gasteiger partial charge >= 0.3 is 6.18 Å². The number of nitrogens with one attached hydrogen (secondary N) is 1. The van der Waals surface area contributed by atoms with E-state index >= 15 is 0 Å². The van der Waals surface area contributed by atoms with Gasteiger partial charge in [-0.3, -0.25) is 0 Å². The molecule has 0 aliphatic rings. The van der Waals surface area contributed by atoms with Crippen LogP contribution in [0.25, 0.3) is 10.6 Å². The van der Waals surface area contributed by atoms with Crippen LogP contribution in [0.15, 0.2) is 18.5 Å². The van der Waals surface area contributed by atoms with E-state index < -0.39 is 11.2 Å². The lowest BCUT2D eigenvalue weighted by molar-refractivity contribution is -0.137. The summed E-state index contributed by atoms with van der Waals surface area (Å²) in [6.07, 6.45) is -1.78. The monoisotopic (exact) mass is 260 g/mol. The van der Waals surface area contributed by atoms with Gasteiger partial charge < -0.3 is 5.32 Å². The van der Waals surface area contributed by atoms with Crippen LogP contribution in [-0.4, -0.2) is 22.0 Å². The van der Waals surface area contributed by atoms with Gasteiger partial charge in [0.25, 0.3) is 0 Å². The molecule has 90 valence electrons. The summed E-state index contributed by atoms with van der Waals surface area (Å²) < 4.78 is 37.1. The molecule has 0 fully saturated rings. The first-order valence-electron chi connectivity index (χ1n) is 4.55. The van der Waals surface area contributed by atoms with Crippen LogP contribution in [0.2, 0.25) is 0 Å². The van der Waals surface area contributed by atoms with Crippen molar-refractivity contribution in [1.29, 1.82) is 0 Å². The van der Waals surface area contributed by atoms with Crippen molar-refractivity contribution in [3.05, 3.63) is 23.5 Å². The van der Waals surface area contributed by atoms with Gasteiger partial charge in [0.1, 0.15) is 0 Å². The smallest absolute Gasteiger partial charge is 0.357 e. The van der Waals surface area contributed by atoms with E-state index in [0.29, 0.717) is 27.9 Å². The minimum atomic E-state index is -4.41. The number of alkyl halides is 3. The molecule has 0 aliphatic carbocycles. The van der Waals surface area contributed by atoms with Crippen LogP contribution in [0.5, 0.6) is 0 Å². The molecule has 0 saturated carbocycles. The Morgan fingerprint density at radius 1 is 1.29 bits per heavy atom. The Morgan fingerprint density at radius 3 is 2.65 bits per heavy atom. The van der Waals surface area contributed by atoms with Gasteiger partial charge in [0.05, 0.1) is 10.6 Å². The predicted molar refractivity (Wildman–Crippen MR) is 57.7 cm³/mol. The molecule has 17 heavy (non-hydrogen) atoms. The van der Waals surface area contributed by atoms with Crippen molar-refractivity contribution < 1.29 is 13.2 Å². The second kappa shape index (κ2) is 4.28. The van der Waals surface area contributed by atoms with E-state index in [1.807, 2.05) is 0 Å². The maximum atomic E-state index is 12.4. The summed E-state index contributed by atoms with van der Waals surface area (Å²) >= 11 is 0.558. The van der Waals surface area contributed by atoms with Gasteiger partial charge in [-0.2, -0.15) is 13.2 Å². The SMILES string of the molecule is CNc1nccc(-c2cnc(C(F)(F)F)s2)n1. The maximum Gasteiger partial charge on any atom is 0.443 e. The fraction of sp³-hybridized carbons (Fsp3) is 0.222. The fourth-order valence-electron chi connectivity index (χ4n) is 1.14. The van der Waals surface area contributed by atoms with Gasteiger partial charge in [-0.25, -0.2) is 15.0 Å². The van der Waals surface area contributed by atoms with Crippen molar-refractivity contribution in [2.75, 3.05) is 12.4 Å². The van der Waals surface area contributed by atoms with Crippen LogP contribution in [0, 0.1) is 0 Å². The Kier molecular flexibility index (Phi) is 2.97. The highest BCUT2D eigenvalue weighted by Crippen LogP contribution is 2.35. The minimum Gasteiger partial charge on any atom is -0.357 e. The van der Waals surface area contributed by atoms with Crippen LogP contribution < -0.4 is 5.32 Å². The third-order valence-corrected chi connectivity index (χ3v) is 2.94. The van der Waals surface area contributed by atoms with Gasteiger partial charge in [0.2, 0.25) is 5.95 Å². The van der Waals surface area contributed by atoms with Crippen LogP contribution >= 0.6 is 11.3 Å². The first-order valence-corrected chi connectivity index (χ1v) is 5.36. The second-order valence-electron chi connectivity index (χ2n) is 3.04. The van der Waals surface area contributed by atoms with Gasteiger partial charge in [0, 0.05) is 19.4 Å². The van der Waals surface area contributed by atoms with Crippen molar-refractivity contribution in [2.24, 2.45) is 0 Å². The molecule has 0 spiro atoms. The van der Waals surface area contributed by atoms with E-state index in [1.165, 1.54) is 12.3 Å². The molecular weight excluding hydrogens is 253 g/mol. The third kappa shape index (κ3) is 2.52. The molecule has 0 atom stereocenters. The minimum absolute atomic E-state index is 0.351. The molecule has 1 N–H and O–H groups in total. The summed E-state index contributed by atoms with van der Waals surface area (Å²) in [6, 6.07) is 1.54. The van der Waals surface area contributed by atoms with Gasteiger partial charge in [0.15, 0.2) is 5.01 Å². The highest BCUT2D eigenvalue weighted by Gasteiger charge is 2.34. The lowest BCUT2D eigenvalue weighted by Crippen LogP contribution is -2.02. The number of thiazole rings is 1. The van der Waals surface area contributed by atoms with E-state index in [9.17, 15) is 13.2 Å². The quantitative estimate of drug-likeness (QED) is 0.901. The van der Waals surface area contributed by atoms with E-state index in [0.717, 1.165) is 6.20 Å². The zero-order valence-electron chi connectivity index (χ0n) is 8.62. The van der Waals surface area contributed by atoms with Gasteiger partial charge in [-0.05, 0) is 6.07 Å². The van der Waals surface area contributed by atoms with Crippen molar-refractivity contribution in [2.45, 2.75) is 6.18 Å². The molecule has 0 amide bonds. The van der Waals surface area contributed by atoms with Crippen LogP contribution in [0.4, 0.5) is 19.1 Å². The summed E-state index contributed by atoms with van der Waals surface area (Å²) in [6.45, 7) is 0. The number of rotatable bonds is 2. The Labute approximate surface area is 98.6 Å². The Balaban J connectivity index is 2.37. The topological polar surface area (TPSA) is 50.7 Å². The Hall–Kier alpha value is -1.70.